The van der Waals surface area contributed by atoms with Gasteiger partial charge in [0.15, 0.2) is 0 Å². The average molecular weight is 272 g/mol. The van der Waals surface area contributed by atoms with Crippen LogP contribution in [0.5, 0.6) is 0 Å². The smallest absolute Gasteiger partial charge is 0.221 e. The van der Waals surface area contributed by atoms with Gasteiger partial charge in [-0.2, -0.15) is 11.8 Å². The van der Waals surface area contributed by atoms with Crippen LogP contribution in [0.15, 0.2) is 0 Å². The summed E-state index contributed by atoms with van der Waals surface area (Å²) in [5.41, 5.74) is 0. The first-order valence-corrected chi connectivity index (χ1v) is 8.15. The van der Waals surface area contributed by atoms with Gasteiger partial charge in [0.2, 0.25) is 5.91 Å². The lowest BCUT2D eigenvalue weighted by atomic mass is 10.2. The Hall–Kier alpha value is -0.260. The molecule has 1 heterocycles. The van der Waals surface area contributed by atoms with E-state index < -0.39 is 0 Å². The maximum Gasteiger partial charge on any atom is 0.221 e. The summed E-state index contributed by atoms with van der Waals surface area (Å²) in [4.78, 5) is 11.7. The molecule has 0 bridgehead atoms. The molecule has 2 aliphatic rings. The van der Waals surface area contributed by atoms with E-state index in [1.165, 1.54) is 12.8 Å². The molecule has 1 saturated carbocycles. The van der Waals surface area contributed by atoms with Gasteiger partial charge in [-0.25, -0.2) is 0 Å². The third-order valence-corrected chi connectivity index (χ3v) is 4.40. The Morgan fingerprint density at radius 2 is 2.33 bits per heavy atom. The zero-order valence-corrected chi connectivity index (χ0v) is 11.8. The highest BCUT2D eigenvalue weighted by Gasteiger charge is 2.20. The third kappa shape index (κ3) is 6.07. The van der Waals surface area contributed by atoms with Gasteiger partial charge in [0.25, 0.3) is 0 Å². The van der Waals surface area contributed by atoms with Crippen molar-refractivity contribution < 1.29 is 9.53 Å². The highest BCUT2D eigenvalue weighted by atomic mass is 32.2. The van der Waals surface area contributed by atoms with Crippen molar-refractivity contribution in [1.82, 2.24) is 10.6 Å². The molecule has 1 saturated heterocycles. The molecular formula is C13H24N2O2S. The Labute approximate surface area is 114 Å². The summed E-state index contributed by atoms with van der Waals surface area (Å²) in [7, 11) is 0. The van der Waals surface area contributed by atoms with Crippen molar-refractivity contribution in [1.29, 1.82) is 0 Å². The SMILES string of the molecule is O=C(CC1CSCCN1)NCCCOCC1CC1. The summed E-state index contributed by atoms with van der Waals surface area (Å²) in [6, 6.07) is 0.356. The number of ether oxygens (including phenoxy) is 1. The molecule has 18 heavy (non-hydrogen) atoms. The molecule has 0 aromatic heterocycles. The number of thioether (sulfide) groups is 1. The maximum absolute atomic E-state index is 11.7. The minimum atomic E-state index is 0.164. The van der Waals surface area contributed by atoms with Gasteiger partial charge in [-0.1, -0.05) is 0 Å². The quantitative estimate of drug-likeness (QED) is 0.648. The van der Waals surface area contributed by atoms with Gasteiger partial charge in [-0.3, -0.25) is 4.79 Å². The van der Waals surface area contributed by atoms with E-state index in [-0.39, 0.29) is 5.91 Å². The molecule has 1 aliphatic heterocycles. The molecule has 1 atom stereocenters. The van der Waals surface area contributed by atoms with Crippen LogP contribution in [0.25, 0.3) is 0 Å². The summed E-state index contributed by atoms with van der Waals surface area (Å²) >= 11 is 1.93. The Kier molecular flexibility index (Phi) is 6.31. The van der Waals surface area contributed by atoms with Crippen LogP contribution in [-0.4, -0.2) is 49.8 Å². The number of amides is 1. The fourth-order valence-corrected chi connectivity index (χ4v) is 2.93. The van der Waals surface area contributed by atoms with Crippen LogP contribution in [0.4, 0.5) is 0 Å². The molecule has 2 N–H and O–H groups in total. The molecule has 0 aromatic rings. The minimum Gasteiger partial charge on any atom is -0.381 e. The highest BCUT2D eigenvalue weighted by molar-refractivity contribution is 7.99. The Morgan fingerprint density at radius 1 is 1.44 bits per heavy atom. The predicted molar refractivity (Wildman–Crippen MR) is 74.9 cm³/mol. The zero-order chi connectivity index (χ0) is 12.6. The fourth-order valence-electron chi connectivity index (χ4n) is 1.98. The van der Waals surface area contributed by atoms with Crippen LogP contribution in [0, 0.1) is 5.92 Å². The van der Waals surface area contributed by atoms with Crippen molar-refractivity contribution in [2.45, 2.75) is 31.7 Å². The first-order chi connectivity index (χ1) is 8.84. The summed E-state index contributed by atoms with van der Waals surface area (Å²) in [6.07, 6.45) is 4.20. The van der Waals surface area contributed by atoms with E-state index in [1.807, 2.05) is 11.8 Å². The molecule has 2 rings (SSSR count). The molecule has 0 radical (unpaired) electrons. The van der Waals surface area contributed by atoms with Gasteiger partial charge in [0.05, 0.1) is 0 Å². The van der Waals surface area contributed by atoms with Crippen LogP contribution in [0.2, 0.25) is 0 Å². The summed E-state index contributed by atoms with van der Waals surface area (Å²) in [5, 5.41) is 6.34. The largest absolute Gasteiger partial charge is 0.381 e. The van der Waals surface area contributed by atoms with Gasteiger partial charge >= 0.3 is 0 Å². The van der Waals surface area contributed by atoms with Crippen molar-refractivity contribution in [2.24, 2.45) is 5.92 Å². The first kappa shape index (κ1) is 14.2. The summed E-state index contributed by atoms with van der Waals surface area (Å²) in [6.45, 7) is 3.45. The number of rotatable bonds is 8. The van der Waals surface area contributed by atoms with E-state index in [4.69, 9.17) is 4.74 Å². The summed E-state index contributed by atoms with van der Waals surface area (Å²) < 4.78 is 5.52. The number of nitrogens with one attached hydrogen (secondary N) is 2. The zero-order valence-electron chi connectivity index (χ0n) is 11.0. The van der Waals surface area contributed by atoms with Crippen molar-refractivity contribution in [3.63, 3.8) is 0 Å². The molecule has 1 aliphatic carbocycles. The Bertz CT molecular complexity index is 253. The second-order valence-corrected chi connectivity index (χ2v) is 6.30. The van der Waals surface area contributed by atoms with Crippen molar-refractivity contribution in [2.75, 3.05) is 37.8 Å². The second kappa shape index (κ2) is 8.02. The minimum absolute atomic E-state index is 0.164. The van der Waals surface area contributed by atoms with Crippen LogP contribution >= 0.6 is 11.8 Å². The van der Waals surface area contributed by atoms with E-state index in [1.54, 1.807) is 0 Å². The number of hydrogen-bond donors (Lipinski definition) is 2. The number of carbonyl (C=O) groups is 1. The van der Waals surface area contributed by atoms with Crippen LogP contribution in [0.1, 0.15) is 25.7 Å². The molecule has 4 nitrogen and oxygen atoms in total. The lowest BCUT2D eigenvalue weighted by Crippen LogP contribution is -2.41. The molecule has 0 aromatic carbocycles. The topological polar surface area (TPSA) is 50.4 Å². The van der Waals surface area contributed by atoms with Gasteiger partial charge in [-0.05, 0) is 25.2 Å². The lowest BCUT2D eigenvalue weighted by molar-refractivity contribution is -0.121. The van der Waals surface area contributed by atoms with E-state index >= 15 is 0 Å². The molecule has 1 amide bonds. The summed E-state index contributed by atoms with van der Waals surface area (Å²) in [5.74, 6) is 3.21. The van der Waals surface area contributed by atoms with Gasteiger partial charge in [-0.15, -0.1) is 0 Å². The van der Waals surface area contributed by atoms with Gasteiger partial charge in [0.1, 0.15) is 0 Å². The number of carbonyl (C=O) groups excluding carboxylic acids is 1. The molecule has 5 heteroatoms. The monoisotopic (exact) mass is 272 g/mol. The van der Waals surface area contributed by atoms with Gasteiger partial charge < -0.3 is 15.4 Å². The van der Waals surface area contributed by atoms with E-state index in [0.717, 1.165) is 50.1 Å². The van der Waals surface area contributed by atoms with E-state index in [9.17, 15) is 4.79 Å². The Balaban J connectivity index is 1.41. The molecule has 2 fully saturated rings. The third-order valence-electron chi connectivity index (χ3n) is 3.27. The molecular weight excluding hydrogens is 248 g/mol. The van der Waals surface area contributed by atoms with Crippen molar-refractivity contribution in [3.05, 3.63) is 0 Å². The lowest BCUT2D eigenvalue weighted by Gasteiger charge is -2.22. The van der Waals surface area contributed by atoms with Crippen molar-refractivity contribution >= 4 is 17.7 Å². The van der Waals surface area contributed by atoms with Crippen LogP contribution in [-0.2, 0) is 9.53 Å². The molecule has 104 valence electrons. The fraction of sp³-hybridized carbons (Fsp3) is 0.923. The molecule has 1 unspecified atom stereocenters. The second-order valence-electron chi connectivity index (χ2n) is 5.15. The number of hydrogen-bond acceptors (Lipinski definition) is 4. The normalized spacial score (nSPS) is 23.9. The predicted octanol–water partition coefficient (Wildman–Crippen LogP) is 1.01. The standard InChI is InChI=1S/C13H24N2O2S/c16-13(8-12-10-18-7-5-14-12)15-4-1-6-17-9-11-2-3-11/h11-12,14H,1-10H2,(H,15,16). The Morgan fingerprint density at radius 3 is 3.06 bits per heavy atom. The van der Waals surface area contributed by atoms with Gasteiger partial charge in [0, 0.05) is 50.3 Å². The molecule has 0 spiro atoms. The van der Waals surface area contributed by atoms with Crippen molar-refractivity contribution in [3.8, 4) is 0 Å². The van der Waals surface area contributed by atoms with Crippen LogP contribution in [0.3, 0.4) is 0 Å². The highest BCUT2D eigenvalue weighted by Crippen LogP contribution is 2.28. The first-order valence-electron chi connectivity index (χ1n) is 7.00. The average Bonchev–Trinajstić information content (AvgIpc) is 3.19. The maximum atomic E-state index is 11.7. The van der Waals surface area contributed by atoms with E-state index in [2.05, 4.69) is 10.6 Å². The van der Waals surface area contributed by atoms with E-state index in [0.29, 0.717) is 12.5 Å². The van der Waals surface area contributed by atoms with Crippen LogP contribution < -0.4 is 10.6 Å².